The van der Waals surface area contributed by atoms with Gasteiger partial charge in [-0.3, -0.25) is 10.1 Å². The zero-order valence-corrected chi connectivity index (χ0v) is 15.8. The van der Waals surface area contributed by atoms with Gasteiger partial charge in [0.2, 0.25) is 5.91 Å². The third-order valence-electron chi connectivity index (χ3n) is 2.91. The smallest absolute Gasteiger partial charge is 0.321 e. The largest absolute Gasteiger partial charge is 0.333 e. The van der Waals surface area contributed by atoms with Gasteiger partial charge >= 0.3 is 6.03 Å². The Kier molecular flexibility index (Phi) is 6.00. The number of thiophene rings is 1. The van der Waals surface area contributed by atoms with Gasteiger partial charge in [0, 0.05) is 23.9 Å². The van der Waals surface area contributed by atoms with Gasteiger partial charge in [0.15, 0.2) is 5.16 Å². The monoisotopic (exact) mass is 367 g/mol. The summed E-state index contributed by atoms with van der Waals surface area (Å²) in [6.45, 7) is 5.54. The molecule has 0 aliphatic carbocycles. The van der Waals surface area contributed by atoms with Gasteiger partial charge in [-0.05, 0) is 32.2 Å². The van der Waals surface area contributed by atoms with E-state index >= 15 is 0 Å². The molecule has 130 valence electrons. The number of urea groups is 1. The van der Waals surface area contributed by atoms with Crippen LogP contribution in [-0.2, 0) is 18.3 Å². The van der Waals surface area contributed by atoms with Crippen molar-refractivity contribution in [2.45, 2.75) is 37.9 Å². The van der Waals surface area contributed by atoms with Crippen molar-refractivity contribution >= 4 is 35.0 Å². The molecule has 0 saturated heterocycles. The Morgan fingerprint density at radius 3 is 2.71 bits per heavy atom. The summed E-state index contributed by atoms with van der Waals surface area (Å²) in [7, 11) is 1.87. The third-order valence-corrected chi connectivity index (χ3v) is 4.81. The van der Waals surface area contributed by atoms with Gasteiger partial charge in [0.25, 0.3) is 0 Å². The Bertz CT molecular complexity index is 704. The first-order chi connectivity index (χ1) is 11.2. The van der Waals surface area contributed by atoms with Crippen LogP contribution >= 0.6 is 23.1 Å². The molecule has 2 N–H and O–H groups in total. The first-order valence-corrected chi connectivity index (χ1v) is 9.26. The second-order valence-electron chi connectivity index (χ2n) is 6.25. The number of rotatable bonds is 5. The molecule has 2 aromatic rings. The van der Waals surface area contributed by atoms with Crippen molar-refractivity contribution in [1.29, 1.82) is 0 Å². The Hall–Kier alpha value is -1.87. The minimum Gasteiger partial charge on any atom is -0.333 e. The summed E-state index contributed by atoms with van der Waals surface area (Å²) in [6.07, 6.45) is 0.710. The molecule has 0 aliphatic rings. The number of nitrogens with zero attached hydrogens (tertiary/aromatic N) is 3. The quantitative estimate of drug-likeness (QED) is 0.791. The standard InChI is InChI=1S/C15H21N5O2S2/c1-15(2,3)17-13(22)16-12(21)9-24-14-19-18-11(20(14)4)8-10-6-5-7-23-10/h5-7H,8-9H2,1-4H3,(H2,16,17,21,22). The number of thioether (sulfide) groups is 1. The Morgan fingerprint density at radius 2 is 2.08 bits per heavy atom. The molecule has 0 radical (unpaired) electrons. The molecule has 24 heavy (non-hydrogen) atoms. The lowest BCUT2D eigenvalue weighted by Gasteiger charge is -2.20. The number of amides is 3. The number of imide groups is 1. The second-order valence-corrected chi connectivity index (χ2v) is 8.23. The molecule has 3 amide bonds. The maximum atomic E-state index is 11.8. The summed E-state index contributed by atoms with van der Waals surface area (Å²) < 4.78 is 1.87. The van der Waals surface area contributed by atoms with E-state index in [1.165, 1.54) is 16.6 Å². The summed E-state index contributed by atoms with van der Waals surface area (Å²) >= 11 is 2.92. The third kappa shape index (κ3) is 5.64. The zero-order valence-electron chi connectivity index (χ0n) is 14.1. The molecular weight excluding hydrogens is 346 g/mol. The molecule has 0 saturated carbocycles. The molecule has 0 unspecified atom stereocenters. The Labute approximate surface area is 149 Å². The minimum absolute atomic E-state index is 0.0997. The average molecular weight is 368 g/mol. The fourth-order valence-corrected chi connectivity index (χ4v) is 3.29. The van der Waals surface area contributed by atoms with Gasteiger partial charge in [0.1, 0.15) is 5.82 Å². The van der Waals surface area contributed by atoms with Gasteiger partial charge < -0.3 is 9.88 Å². The van der Waals surface area contributed by atoms with Gasteiger partial charge in [0.05, 0.1) is 5.75 Å². The number of hydrogen-bond donors (Lipinski definition) is 2. The van der Waals surface area contributed by atoms with Crippen LogP contribution in [0.1, 0.15) is 31.5 Å². The topological polar surface area (TPSA) is 88.9 Å². The molecule has 0 aliphatic heterocycles. The van der Waals surface area contributed by atoms with E-state index < -0.39 is 11.6 Å². The summed E-state index contributed by atoms with van der Waals surface area (Å²) in [5.41, 5.74) is -0.391. The van der Waals surface area contributed by atoms with Crippen LogP contribution in [0.15, 0.2) is 22.7 Å². The zero-order chi connectivity index (χ0) is 17.7. The minimum atomic E-state index is -0.496. The van der Waals surface area contributed by atoms with Crippen LogP contribution in [0.25, 0.3) is 0 Å². The lowest BCUT2D eigenvalue weighted by molar-refractivity contribution is -0.117. The summed E-state index contributed by atoms with van der Waals surface area (Å²) in [4.78, 5) is 24.7. The highest BCUT2D eigenvalue weighted by molar-refractivity contribution is 7.99. The van der Waals surface area contributed by atoms with Crippen molar-refractivity contribution in [2.75, 3.05) is 5.75 Å². The van der Waals surface area contributed by atoms with Crippen molar-refractivity contribution in [3.8, 4) is 0 Å². The number of aromatic nitrogens is 3. The summed E-state index contributed by atoms with van der Waals surface area (Å²) in [5, 5.41) is 15.9. The predicted molar refractivity (Wildman–Crippen MR) is 95.3 cm³/mol. The second kappa shape index (κ2) is 7.80. The van der Waals surface area contributed by atoms with Crippen LogP contribution < -0.4 is 10.6 Å². The number of hydrogen-bond acceptors (Lipinski definition) is 6. The van der Waals surface area contributed by atoms with Gasteiger partial charge in [-0.1, -0.05) is 17.8 Å². The first kappa shape index (κ1) is 18.5. The molecule has 0 bridgehead atoms. The fraction of sp³-hybridized carbons (Fsp3) is 0.467. The average Bonchev–Trinajstić information content (AvgIpc) is 3.07. The van der Waals surface area contributed by atoms with Gasteiger partial charge in [-0.2, -0.15) is 0 Å². The lowest BCUT2D eigenvalue weighted by Crippen LogP contribution is -2.48. The first-order valence-electron chi connectivity index (χ1n) is 7.40. The highest BCUT2D eigenvalue weighted by Gasteiger charge is 2.17. The molecule has 0 spiro atoms. The fourth-order valence-electron chi connectivity index (χ4n) is 1.86. The Morgan fingerprint density at radius 1 is 1.33 bits per heavy atom. The molecule has 9 heteroatoms. The Balaban J connectivity index is 1.85. The molecular formula is C15H21N5O2S2. The van der Waals surface area contributed by atoms with Crippen LogP contribution in [0, 0.1) is 0 Å². The highest BCUT2D eigenvalue weighted by Crippen LogP contribution is 2.18. The van der Waals surface area contributed by atoms with E-state index in [4.69, 9.17) is 0 Å². The van der Waals surface area contributed by atoms with Crippen LogP contribution in [0.2, 0.25) is 0 Å². The van der Waals surface area contributed by atoms with Crippen molar-refractivity contribution in [2.24, 2.45) is 7.05 Å². The number of carbonyl (C=O) groups excluding carboxylic acids is 2. The number of nitrogens with one attached hydrogen (secondary N) is 2. The molecule has 7 nitrogen and oxygen atoms in total. The SMILES string of the molecule is Cn1c(Cc2cccs2)nnc1SCC(=O)NC(=O)NC(C)(C)C. The normalized spacial score (nSPS) is 11.3. The molecule has 0 aromatic carbocycles. The highest BCUT2D eigenvalue weighted by atomic mass is 32.2. The van der Waals surface area contributed by atoms with Crippen LogP contribution in [0.4, 0.5) is 4.79 Å². The van der Waals surface area contributed by atoms with Crippen molar-refractivity contribution in [3.05, 3.63) is 28.2 Å². The van der Waals surface area contributed by atoms with E-state index in [9.17, 15) is 9.59 Å². The summed E-state index contributed by atoms with van der Waals surface area (Å²) in [6, 6.07) is 3.55. The molecule has 2 aromatic heterocycles. The predicted octanol–water partition coefficient (Wildman–Crippen LogP) is 2.18. The van der Waals surface area contributed by atoms with Crippen LogP contribution in [-0.4, -0.2) is 38.0 Å². The van der Waals surface area contributed by atoms with Gasteiger partial charge in [-0.25, -0.2) is 4.79 Å². The van der Waals surface area contributed by atoms with Crippen LogP contribution in [0.3, 0.4) is 0 Å². The van der Waals surface area contributed by atoms with E-state index in [1.807, 2.05) is 49.9 Å². The van der Waals surface area contributed by atoms with Gasteiger partial charge in [-0.15, -0.1) is 21.5 Å². The summed E-state index contributed by atoms with van der Waals surface area (Å²) in [5.74, 6) is 0.568. The van der Waals surface area contributed by atoms with Crippen molar-refractivity contribution in [1.82, 2.24) is 25.4 Å². The lowest BCUT2D eigenvalue weighted by atomic mass is 10.1. The maximum Gasteiger partial charge on any atom is 0.321 e. The molecule has 0 fully saturated rings. The van der Waals surface area contributed by atoms with E-state index in [-0.39, 0.29) is 11.7 Å². The molecule has 2 rings (SSSR count). The van der Waals surface area contributed by atoms with Crippen LogP contribution in [0.5, 0.6) is 0 Å². The van der Waals surface area contributed by atoms with E-state index in [0.29, 0.717) is 11.6 Å². The molecule has 0 atom stereocenters. The van der Waals surface area contributed by atoms with E-state index in [2.05, 4.69) is 20.8 Å². The number of carbonyl (C=O) groups is 2. The van der Waals surface area contributed by atoms with E-state index in [0.717, 1.165) is 5.82 Å². The maximum absolute atomic E-state index is 11.8. The van der Waals surface area contributed by atoms with E-state index in [1.54, 1.807) is 11.3 Å². The van der Waals surface area contributed by atoms with Crippen molar-refractivity contribution in [3.63, 3.8) is 0 Å². The van der Waals surface area contributed by atoms with Crippen molar-refractivity contribution < 1.29 is 9.59 Å². The molecule has 2 heterocycles.